The molecule has 6 nitrogen and oxygen atoms in total. The van der Waals surface area contributed by atoms with Crippen LogP contribution in [-0.4, -0.2) is 27.5 Å². The lowest BCUT2D eigenvalue weighted by Crippen LogP contribution is -2.50. The molecule has 2 aliphatic carbocycles. The molecule has 0 radical (unpaired) electrons. The van der Waals surface area contributed by atoms with Gasteiger partial charge in [-0.3, -0.25) is 29.8 Å². The topological polar surface area (TPSA) is 79.4 Å². The highest BCUT2D eigenvalue weighted by molar-refractivity contribution is 6.07. The summed E-state index contributed by atoms with van der Waals surface area (Å²) < 4.78 is 0. The lowest BCUT2D eigenvalue weighted by atomic mass is 9.64. The standard InChI is InChI=1S/C32H37N3O3/c1-19(2)20-7-9-21(10-8-20)27-28-23(15-31(3,4)17-25(28)36)35(34-30(38)22-11-13-33-14-12-22)24-16-32(5,6)18-26(37)29(24)27/h7-14,19,27H,15-18H2,1-6H3,(H,34,38). The first kappa shape index (κ1) is 26.1. The van der Waals surface area contributed by atoms with Gasteiger partial charge in [-0.05, 0) is 52.8 Å². The maximum Gasteiger partial charge on any atom is 0.270 e. The number of ketones is 2. The summed E-state index contributed by atoms with van der Waals surface area (Å²) in [6.07, 6.45) is 5.21. The minimum Gasteiger partial charge on any atom is -0.294 e. The Bertz CT molecular complexity index is 1310. The van der Waals surface area contributed by atoms with E-state index in [0.29, 0.717) is 48.3 Å². The van der Waals surface area contributed by atoms with Crippen molar-refractivity contribution in [2.45, 2.75) is 79.1 Å². The van der Waals surface area contributed by atoms with Crippen LogP contribution in [-0.2, 0) is 9.59 Å². The minimum absolute atomic E-state index is 0.0431. The first-order chi connectivity index (χ1) is 17.9. The summed E-state index contributed by atoms with van der Waals surface area (Å²) >= 11 is 0. The second-order valence-corrected chi connectivity index (χ2v) is 12.9. The van der Waals surface area contributed by atoms with Crippen molar-refractivity contribution in [2.75, 3.05) is 0 Å². The highest BCUT2D eigenvalue weighted by atomic mass is 16.2. The van der Waals surface area contributed by atoms with Gasteiger partial charge in [0.2, 0.25) is 0 Å². The molecule has 0 saturated carbocycles. The number of allylic oxidation sites excluding steroid dienone is 4. The molecule has 1 aromatic heterocycles. The number of carbonyl (C=O) groups is 3. The van der Waals surface area contributed by atoms with Crippen LogP contribution in [0.3, 0.4) is 0 Å². The fraction of sp³-hybridized carbons (Fsp3) is 0.438. The van der Waals surface area contributed by atoms with Crippen molar-refractivity contribution in [1.29, 1.82) is 0 Å². The van der Waals surface area contributed by atoms with Gasteiger partial charge in [-0.25, -0.2) is 0 Å². The van der Waals surface area contributed by atoms with Crippen LogP contribution in [0.1, 0.15) is 101 Å². The van der Waals surface area contributed by atoms with Crippen LogP contribution >= 0.6 is 0 Å². The predicted octanol–water partition coefficient (Wildman–Crippen LogP) is 6.24. The third kappa shape index (κ3) is 4.72. The molecule has 0 bridgehead atoms. The molecule has 0 spiro atoms. The first-order valence-corrected chi connectivity index (χ1v) is 13.5. The summed E-state index contributed by atoms with van der Waals surface area (Å²) in [6.45, 7) is 12.7. The van der Waals surface area contributed by atoms with Crippen molar-refractivity contribution in [3.05, 3.63) is 88.0 Å². The number of benzene rings is 1. The van der Waals surface area contributed by atoms with Crippen molar-refractivity contribution in [3.63, 3.8) is 0 Å². The SMILES string of the molecule is CC(C)c1ccc(C2C3=C(CC(C)(C)CC3=O)N(NC(=O)c3ccncc3)C3=C2C(=O)CC(C)(C)C3)cc1. The quantitative estimate of drug-likeness (QED) is 0.526. The Hall–Kier alpha value is -3.54. The van der Waals surface area contributed by atoms with E-state index in [1.807, 2.05) is 0 Å². The average molecular weight is 512 g/mol. The number of hydrogen-bond donors (Lipinski definition) is 1. The van der Waals surface area contributed by atoms with E-state index in [1.54, 1.807) is 29.5 Å². The molecular formula is C32H37N3O3. The summed E-state index contributed by atoms with van der Waals surface area (Å²) in [4.78, 5) is 45.2. The van der Waals surface area contributed by atoms with Gasteiger partial charge in [0.05, 0.1) is 0 Å². The minimum atomic E-state index is -0.428. The zero-order valence-corrected chi connectivity index (χ0v) is 23.2. The number of aromatic nitrogens is 1. The maximum atomic E-state index is 13.9. The molecule has 0 unspecified atom stereocenters. The van der Waals surface area contributed by atoms with Crippen molar-refractivity contribution >= 4 is 17.5 Å². The lowest BCUT2D eigenvalue weighted by Gasteiger charge is -2.48. The number of nitrogens with one attached hydrogen (secondary N) is 1. The molecule has 3 aliphatic rings. The Balaban J connectivity index is 1.71. The number of hydrazine groups is 1. The molecule has 2 aromatic rings. The second-order valence-electron chi connectivity index (χ2n) is 12.9. The van der Waals surface area contributed by atoms with E-state index < -0.39 is 5.92 Å². The van der Waals surface area contributed by atoms with E-state index in [0.717, 1.165) is 17.0 Å². The number of nitrogens with zero attached hydrogens (tertiary/aromatic N) is 2. The van der Waals surface area contributed by atoms with Gasteiger partial charge < -0.3 is 0 Å². The predicted molar refractivity (Wildman–Crippen MR) is 147 cm³/mol. The molecule has 1 aromatic carbocycles. The maximum absolute atomic E-state index is 13.9. The number of hydrogen-bond acceptors (Lipinski definition) is 5. The Kier molecular flexibility index (Phi) is 6.41. The van der Waals surface area contributed by atoms with Crippen LogP contribution in [0.25, 0.3) is 0 Å². The normalized spacial score (nSPS) is 21.0. The van der Waals surface area contributed by atoms with Crippen LogP contribution < -0.4 is 5.43 Å². The van der Waals surface area contributed by atoms with Gasteiger partial charge in [0.1, 0.15) is 0 Å². The number of amides is 1. The van der Waals surface area contributed by atoms with Crippen molar-refractivity contribution in [2.24, 2.45) is 10.8 Å². The summed E-state index contributed by atoms with van der Waals surface area (Å²) in [6, 6.07) is 11.7. The summed E-state index contributed by atoms with van der Waals surface area (Å²) in [7, 11) is 0. The Morgan fingerprint density at radius 1 is 0.842 bits per heavy atom. The van der Waals surface area contributed by atoms with Crippen LogP contribution in [0, 0.1) is 10.8 Å². The molecule has 38 heavy (non-hydrogen) atoms. The van der Waals surface area contributed by atoms with Crippen LogP contribution in [0.2, 0.25) is 0 Å². The highest BCUT2D eigenvalue weighted by Gasteiger charge is 2.49. The zero-order chi connectivity index (χ0) is 27.4. The summed E-state index contributed by atoms with van der Waals surface area (Å²) in [5.74, 6) is -0.254. The van der Waals surface area contributed by atoms with Gasteiger partial charge in [0.15, 0.2) is 11.6 Å². The van der Waals surface area contributed by atoms with Gasteiger partial charge in [0.25, 0.3) is 5.91 Å². The Morgan fingerprint density at radius 3 is 1.82 bits per heavy atom. The molecule has 6 heteroatoms. The largest absolute Gasteiger partial charge is 0.294 e. The van der Waals surface area contributed by atoms with Crippen molar-refractivity contribution < 1.29 is 14.4 Å². The smallest absolute Gasteiger partial charge is 0.270 e. The van der Waals surface area contributed by atoms with Gasteiger partial charge in [-0.15, -0.1) is 0 Å². The van der Waals surface area contributed by atoms with E-state index in [2.05, 4.69) is 76.2 Å². The van der Waals surface area contributed by atoms with E-state index >= 15 is 0 Å². The van der Waals surface area contributed by atoms with E-state index in [9.17, 15) is 14.4 Å². The molecule has 2 heterocycles. The molecule has 0 atom stereocenters. The molecule has 0 fully saturated rings. The van der Waals surface area contributed by atoms with E-state index in [4.69, 9.17) is 0 Å². The van der Waals surface area contributed by atoms with Crippen molar-refractivity contribution in [1.82, 2.24) is 15.4 Å². The molecule has 1 N–H and O–H groups in total. The lowest BCUT2D eigenvalue weighted by molar-refractivity contribution is -0.119. The van der Waals surface area contributed by atoms with E-state index in [-0.39, 0.29) is 28.3 Å². The number of rotatable bonds is 4. The Labute approximate surface area is 225 Å². The molecular weight excluding hydrogens is 474 g/mol. The third-order valence-corrected chi connectivity index (χ3v) is 8.00. The fourth-order valence-corrected chi connectivity index (χ4v) is 6.18. The zero-order valence-electron chi connectivity index (χ0n) is 23.2. The third-order valence-electron chi connectivity index (χ3n) is 8.00. The number of pyridine rings is 1. The van der Waals surface area contributed by atoms with Crippen LogP contribution in [0.5, 0.6) is 0 Å². The monoisotopic (exact) mass is 511 g/mol. The average Bonchev–Trinajstić information content (AvgIpc) is 2.84. The number of carbonyl (C=O) groups excluding carboxylic acids is 3. The second kappa shape index (κ2) is 9.33. The van der Waals surface area contributed by atoms with Gasteiger partial charge in [-0.1, -0.05) is 65.8 Å². The molecule has 1 aliphatic heterocycles. The molecule has 1 amide bonds. The van der Waals surface area contributed by atoms with Crippen molar-refractivity contribution in [3.8, 4) is 0 Å². The highest BCUT2D eigenvalue weighted by Crippen LogP contribution is 2.54. The van der Waals surface area contributed by atoms with Gasteiger partial charge in [-0.2, -0.15) is 0 Å². The van der Waals surface area contributed by atoms with Gasteiger partial charge >= 0.3 is 0 Å². The number of Topliss-reactive ketones (excluding diaryl/α,β-unsaturated/α-hetero) is 2. The first-order valence-electron chi connectivity index (χ1n) is 13.5. The molecule has 5 rings (SSSR count). The summed E-state index contributed by atoms with van der Waals surface area (Å²) in [5, 5.41) is 1.80. The van der Waals surface area contributed by atoms with Crippen LogP contribution in [0.15, 0.2) is 71.3 Å². The molecule has 198 valence electrons. The van der Waals surface area contributed by atoms with Gasteiger partial charge in [0, 0.05) is 59.3 Å². The van der Waals surface area contributed by atoms with Crippen LogP contribution in [0.4, 0.5) is 0 Å². The molecule has 0 saturated heterocycles. The van der Waals surface area contributed by atoms with E-state index in [1.165, 1.54) is 5.56 Å². The summed E-state index contributed by atoms with van der Waals surface area (Å²) in [5.41, 5.74) is 8.08. The fourth-order valence-electron chi connectivity index (χ4n) is 6.18. The Morgan fingerprint density at radius 2 is 1.34 bits per heavy atom.